The number of aliphatic carboxylic acids is 1. The Labute approximate surface area is 131 Å². The number of piperidine rings is 1. The van der Waals surface area contributed by atoms with E-state index in [4.69, 9.17) is 5.11 Å². The smallest absolute Gasteiger partial charge is 0.389 e. The zero-order valence-corrected chi connectivity index (χ0v) is 12.5. The molecular weight excluding hydrogens is 311 g/mol. The molecule has 7 heteroatoms. The second kappa shape index (κ2) is 7.02. The first kappa shape index (κ1) is 17.3. The molecular formula is C16H18F3NO3. The summed E-state index contributed by atoms with van der Waals surface area (Å²) in [7, 11) is 0. The van der Waals surface area contributed by atoms with Gasteiger partial charge in [-0.15, -0.1) is 0 Å². The average Bonchev–Trinajstić information content (AvgIpc) is 2.52. The highest BCUT2D eigenvalue weighted by Crippen LogP contribution is 2.23. The molecule has 0 radical (unpaired) electrons. The zero-order valence-electron chi connectivity index (χ0n) is 12.5. The highest BCUT2D eigenvalue weighted by molar-refractivity contribution is 5.94. The van der Waals surface area contributed by atoms with Crippen LogP contribution in [0.4, 0.5) is 13.2 Å². The molecule has 0 saturated carbocycles. The van der Waals surface area contributed by atoms with Crippen molar-refractivity contribution in [3.63, 3.8) is 0 Å². The molecule has 1 atom stereocenters. The second-order valence-electron chi connectivity index (χ2n) is 5.74. The predicted octanol–water partition coefficient (Wildman–Crippen LogP) is 3.12. The van der Waals surface area contributed by atoms with Crippen LogP contribution in [0, 0.1) is 5.92 Å². The highest BCUT2D eigenvalue weighted by atomic mass is 19.4. The number of halogens is 3. The van der Waals surface area contributed by atoms with E-state index < -0.39 is 24.5 Å². The number of carboxylic acid groups (broad SMARTS) is 1. The Hall–Kier alpha value is -2.05. The normalized spacial score (nSPS) is 18.7. The molecule has 1 fully saturated rings. The van der Waals surface area contributed by atoms with Gasteiger partial charge in [0.2, 0.25) is 0 Å². The number of carbonyl (C=O) groups is 2. The molecule has 0 unspecified atom stereocenters. The van der Waals surface area contributed by atoms with Crippen LogP contribution in [-0.4, -0.2) is 41.1 Å². The first-order valence-corrected chi connectivity index (χ1v) is 7.44. The van der Waals surface area contributed by atoms with Gasteiger partial charge in [0.05, 0.1) is 5.92 Å². The van der Waals surface area contributed by atoms with E-state index >= 15 is 0 Å². The lowest BCUT2D eigenvalue weighted by molar-refractivity contribution is -0.143. The molecule has 1 aromatic rings. The Kier molecular flexibility index (Phi) is 5.28. The number of likely N-dealkylation sites (tertiary alicyclic amines) is 1. The molecule has 0 spiro atoms. The third-order valence-electron chi connectivity index (χ3n) is 3.96. The van der Waals surface area contributed by atoms with E-state index in [0.29, 0.717) is 30.5 Å². The number of benzene rings is 1. The molecule has 1 amide bonds. The summed E-state index contributed by atoms with van der Waals surface area (Å²) in [5.41, 5.74) is 0.882. The molecule has 1 heterocycles. The van der Waals surface area contributed by atoms with E-state index in [2.05, 4.69) is 0 Å². The Morgan fingerprint density at radius 1 is 1.22 bits per heavy atom. The van der Waals surface area contributed by atoms with E-state index in [1.807, 2.05) is 0 Å². The molecule has 1 aliphatic rings. The fraction of sp³-hybridized carbons (Fsp3) is 0.500. The van der Waals surface area contributed by atoms with Gasteiger partial charge in [-0.05, 0) is 37.0 Å². The average molecular weight is 329 g/mol. The standard InChI is InChI=1S/C16H18F3NO3/c17-16(18,19)8-7-11-3-5-12(6-4-11)14(21)20-9-1-2-13(10-20)15(22)23/h3-6,13H,1-2,7-10H2,(H,22,23)/t13-/m0/s1. The van der Waals surface area contributed by atoms with Crippen molar-refractivity contribution in [3.05, 3.63) is 35.4 Å². The number of alkyl halides is 3. The highest BCUT2D eigenvalue weighted by Gasteiger charge is 2.29. The van der Waals surface area contributed by atoms with Crippen molar-refractivity contribution in [2.75, 3.05) is 13.1 Å². The van der Waals surface area contributed by atoms with Gasteiger partial charge in [-0.3, -0.25) is 9.59 Å². The Morgan fingerprint density at radius 2 is 1.87 bits per heavy atom. The van der Waals surface area contributed by atoms with Crippen LogP contribution in [0.3, 0.4) is 0 Å². The maximum atomic E-state index is 12.3. The Balaban J connectivity index is 1.98. The largest absolute Gasteiger partial charge is 0.481 e. The summed E-state index contributed by atoms with van der Waals surface area (Å²) < 4.78 is 36.6. The molecule has 1 saturated heterocycles. The van der Waals surface area contributed by atoms with Gasteiger partial charge in [0.25, 0.3) is 5.91 Å². The molecule has 4 nitrogen and oxygen atoms in total. The SMILES string of the molecule is O=C(O)[C@H]1CCCN(C(=O)c2ccc(CCC(F)(F)F)cc2)C1. The number of hydrogen-bond acceptors (Lipinski definition) is 2. The fourth-order valence-corrected chi connectivity index (χ4v) is 2.65. The predicted molar refractivity (Wildman–Crippen MR) is 77.1 cm³/mol. The van der Waals surface area contributed by atoms with E-state index in [1.54, 1.807) is 0 Å². The van der Waals surface area contributed by atoms with Crippen molar-refractivity contribution in [2.45, 2.75) is 31.9 Å². The van der Waals surface area contributed by atoms with Crippen molar-refractivity contribution in [1.29, 1.82) is 0 Å². The summed E-state index contributed by atoms with van der Waals surface area (Å²) >= 11 is 0. The number of nitrogens with zero attached hydrogens (tertiary/aromatic N) is 1. The molecule has 1 aliphatic heterocycles. The molecule has 23 heavy (non-hydrogen) atoms. The topological polar surface area (TPSA) is 57.6 Å². The molecule has 1 N–H and O–H groups in total. The van der Waals surface area contributed by atoms with Gasteiger partial charge in [-0.2, -0.15) is 13.2 Å². The number of rotatable bonds is 4. The summed E-state index contributed by atoms with van der Waals surface area (Å²) in [6, 6.07) is 6.02. The molecule has 1 aromatic carbocycles. The van der Waals surface area contributed by atoms with Crippen LogP contribution in [0.5, 0.6) is 0 Å². The van der Waals surface area contributed by atoms with E-state index in [9.17, 15) is 22.8 Å². The van der Waals surface area contributed by atoms with Crippen LogP contribution in [0.25, 0.3) is 0 Å². The van der Waals surface area contributed by atoms with Crippen molar-refractivity contribution in [1.82, 2.24) is 4.90 Å². The molecule has 126 valence electrons. The number of carbonyl (C=O) groups excluding carboxylic acids is 1. The van der Waals surface area contributed by atoms with Crippen molar-refractivity contribution in [3.8, 4) is 0 Å². The second-order valence-corrected chi connectivity index (χ2v) is 5.74. The summed E-state index contributed by atoms with van der Waals surface area (Å²) in [5.74, 6) is -1.75. The first-order chi connectivity index (χ1) is 10.8. The van der Waals surface area contributed by atoms with Gasteiger partial charge < -0.3 is 10.0 Å². The lowest BCUT2D eigenvalue weighted by atomic mass is 9.97. The Bertz CT molecular complexity index is 569. The van der Waals surface area contributed by atoms with Crippen molar-refractivity contribution in [2.24, 2.45) is 5.92 Å². The summed E-state index contributed by atoms with van der Waals surface area (Å²) in [6.45, 7) is 0.669. The monoisotopic (exact) mass is 329 g/mol. The zero-order chi connectivity index (χ0) is 17.0. The van der Waals surface area contributed by atoms with Gasteiger partial charge in [-0.25, -0.2) is 0 Å². The molecule has 0 aromatic heterocycles. The third-order valence-corrected chi connectivity index (χ3v) is 3.96. The van der Waals surface area contributed by atoms with Gasteiger partial charge in [0, 0.05) is 25.1 Å². The minimum Gasteiger partial charge on any atom is -0.481 e. The summed E-state index contributed by atoms with van der Waals surface area (Å²) in [6.07, 6.45) is -4.04. The Morgan fingerprint density at radius 3 is 2.43 bits per heavy atom. The summed E-state index contributed by atoms with van der Waals surface area (Å²) in [4.78, 5) is 24.9. The number of carboxylic acids is 1. The van der Waals surface area contributed by atoms with E-state index in [-0.39, 0.29) is 18.9 Å². The van der Waals surface area contributed by atoms with Crippen molar-refractivity contribution >= 4 is 11.9 Å². The maximum Gasteiger partial charge on any atom is 0.389 e. The maximum absolute atomic E-state index is 12.3. The number of hydrogen-bond donors (Lipinski definition) is 1. The van der Waals surface area contributed by atoms with Gasteiger partial charge in [-0.1, -0.05) is 12.1 Å². The van der Waals surface area contributed by atoms with Gasteiger partial charge in [0.1, 0.15) is 0 Å². The van der Waals surface area contributed by atoms with E-state index in [1.165, 1.54) is 29.2 Å². The molecule has 2 rings (SSSR count). The summed E-state index contributed by atoms with van der Waals surface area (Å²) in [5, 5.41) is 9.04. The minimum atomic E-state index is -4.20. The van der Waals surface area contributed by atoms with Crippen LogP contribution in [0.2, 0.25) is 0 Å². The van der Waals surface area contributed by atoms with Crippen molar-refractivity contribution < 1.29 is 27.9 Å². The number of amides is 1. The van der Waals surface area contributed by atoms with Gasteiger partial charge in [0.15, 0.2) is 0 Å². The van der Waals surface area contributed by atoms with Gasteiger partial charge >= 0.3 is 12.1 Å². The van der Waals surface area contributed by atoms with Crippen LogP contribution in [0.15, 0.2) is 24.3 Å². The lowest BCUT2D eigenvalue weighted by Crippen LogP contribution is -2.42. The van der Waals surface area contributed by atoms with Crippen LogP contribution in [-0.2, 0) is 11.2 Å². The molecule has 0 bridgehead atoms. The van der Waals surface area contributed by atoms with Crippen LogP contribution >= 0.6 is 0 Å². The lowest BCUT2D eigenvalue weighted by Gasteiger charge is -2.30. The quantitative estimate of drug-likeness (QED) is 0.923. The first-order valence-electron chi connectivity index (χ1n) is 7.44. The van der Waals surface area contributed by atoms with Crippen LogP contribution < -0.4 is 0 Å². The van der Waals surface area contributed by atoms with E-state index in [0.717, 1.165) is 0 Å². The third kappa shape index (κ3) is 4.97. The fourth-order valence-electron chi connectivity index (χ4n) is 2.65. The number of aryl methyl sites for hydroxylation is 1. The molecule has 0 aliphatic carbocycles. The van der Waals surface area contributed by atoms with Crippen LogP contribution in [0.1, 0.15) is 35.2 Å². The minimum absolute atomic E-state index is 0.122.